The monoisotopic (exact) mass is 211 g/mol. The van der Waals surface area contributed by atoms with Gasteiger partial charge < -0.3 is 15.1 Å². The van der Waals surface area contributed by atoms with Gasteiger partial charge in [-0.1, -0.05) is 0 Å². The molecule has 2 rings (SSSR count). The number of carbonyl (C=O) groups excluding carboxylic acids is 1. The Morgan fingerprint density at radius 3 is 2.80 bits per heavy atom. The second kappa shape index (κ2) is 4.94. The average Bonchev–Trinajstić information content (AvgIpc) is 3.02. The summed E-state index contributed by atoms with van der Waals surface area (Å²) in [5.74, 6) is 0.275. The Balaban J connectivity index is 1.72. The topological polar surface area (TPSA) is 35.6 Å². The number of hydrogen-bond donors (Lipinski definition) is 1. The molecule has 0 aromatic rings. The predicted octanol–water partition coefficient (Wildman–Crippen LogP) is -0.0975. The molecule has 0 unspecified atom stereocenters. The van der Waals surface area contributed by atoms with Crippen molar-refractivity contribution in [3.63, 3.8) is 0 Å². The molecule has 1 saturated heterocycles. The average molecular weight is 211 g/mol. The molecule has 0 atom stereocenters. The van der Waals surface area contributed by atoms with E-state index < -0.39 is 0 Å². The van der Waals surface area contributed by atoms with E-state index in [4.69, 9.17) is 0 Å². The van der Waals surface area contributed by atoms with E-state index in [0.29, 0.717) is 12.6 Å². The number of rotatable bonds is 3. The fraction of sp³-hybridized carbons (Fsp3) is 0.909. The van der Waals surface area contributed by atoms with Gasteiger partial charge in [0.2, 0.25) is 5.91 Å². The lowest BCUT2D eigenvalue weighted by molar-refractivity contribution is -0.130. The summed E-state index contributed by atoms with van der Waals surface area (Å²) >= 11 is 0. The number of hydrogen-bond acceptors (Lipinski definition) is 3. The van der Waals surface area contributed by atoms with Crippen LogP contribution in [0.1, 0.15) is 19.3 Å². The smallest absolute Gasteiger partial charge is 0.236 e. The van der Waals surface area contributed by atoms with Gasteiger partial charge in [0, 0.05) is 25.7 Å². The maximum Gasteiger partial charge on any atom is 0.236 e. The van der Waals surface area contributed by atoms with Gasteiger partial charge in [-0.05, 0) is 32.9 Å². The van der Waals surface area contributed by atoms with Gasteiger partial charge in [0.1, 0.15) is 0 Å². The minimum absolute atomic E-state index is 0.275. The Labute approximate surface area is 91.6 Å². The second-order valence-corrected chi connectivity index (χ2v) is 4.69. The molecule has 1 heterocycles. The van der Waals surface area contributed by atoms with Crippen molar-refractivity contribution in [2.75, 3.05) is 39.8 Å². The fourth-order valence-corrected chi connectivity index (χ4v) is 1.93. The third-order valence-corrected chi connectivity index (χ3v) is 3.19. The summed E-state index contributed by atoms with van der Waals surface area (Å²) in [4.78, 5) is 16.1. The van der Waals surface area contributed by atoms with Crippen molar-refractivity contribution >= 4 is 5.91 Å². The van der Waals surface area contributed by atoms with Crippen molar-refractivity contribution < 1.29 is 4.79 Å². The Morgan fingerprint density at radius 1 is 1.27 bits per heavy atom. The first-order valence-corrected chi connectivity index (χ1v) is 5.95. The van der Waals surface area contributed by atoms with Gasteiger partial charge in [0.15, 0.2) is 0 Å². The molecular formula is C11H21N3O. The van der Waals surface area contributed by atoms with Crippen LogP contribution in [0.2, 0.25) is 0 Å². The largest absolute Gasteiger partial charge is 0.340 e. The molecule has 0 bridgehead atoms. The molecular weight excluding hydrogens is 190 g/mol. The van der Waals surface area contributed by atoms with Crippen LogP contribution >= 0.6 is 0 Å². The lowest BCUT2D eigenvalue weighted by Gasteiger charge is -2.20. The quantitative estimate of drug-likeness (QED) is 0.708. The maximum atomic E-state index is 11.8. The van der Waals surface area contributed by atoms with Crippen LogP contribution in [0.15, 0.2) is 0 Å². The first kappa shape index (κ1) is 10.9. The molecule has 1 aliphatic carbocycles. The Morgan fingerprint density at radius 2 is 2.07 bits per heavy atom. The van der Waals surface area contributed by atoms with Crippen molar-refractivity contribution in [1.29, 1.82) is 0 Å². The summed E-state index contributed by atoms with van der Waals surface area (Å²) in [5, 5.41) is 3.28. The standard InChI is InChI=1S/C11H21N3O/c1-13-5-2-6-14(8-7-13)11(15)9-12-10-3-4-10/h10,12H,2-9H2,1H3. The summed E-state index contributed by atoms with van der Waals surface area (Å²) in [6, 6.07) is 0.628. The summed E-state index contributed by atoms with van der Waals surface area (Å²) in [5.41, 5.74) is 0. The van der Waals surface area contributed by atoms with Gasteiger partial charge in [0.05, 0.1) is 6.54 Å². The van der Waals surface area contributed by atoms with E-state index in [9.17, 15) is 4.79 Å². The number of nitrogens with one attached hydrogen (secondary N) is 1. The molecule has 1 saturated carbocycles. The third kappa shape index (κ3) is 3.47. The van der Waals surface area contributed by atoms with Crippen molar-refractivity contribution in [3.05, 3.63) is 0 Å². The lowest BCUT2D eigenvalue weighted by atomic mass is 10.3. The maximum absolute atomic E-state index is 11.8. The van der Waals surface area contributed by atoms with Crippen LogP contribution in [-0.2, 0) is 4.79 Å². The first-order valence-electron chi connectivity index (χ1n) is 5.95. The zero-order chi connectivity index (χ0) is 10.7. The molecule has 0 aromatic carbocycles. The second-order valence-electron chi connectivity index (χ2n) is 4.69. The molecule has 1 aliphatic heterocycles. The van der Waals surface area contributed by atoms with Crippen LogP contribution < -0.4 is 5.32 Å². The molecule has 4 nitrogen and oxygen atoms in total. The van der Waals surface area contributed by atoms with E-state index >= 15 is 0 Å². The van der Waals surface area contributed by atoms with E-state index in [1.807, 2.05) is 4.90 Å². The summed E-state index contributed by atoms with van der Waals surface area (Å²) < 4.78 is 0. The van der Waals surface area contributed by atoms with Gasteiger partial charge in [-0.25, -0.2) is 0 Å². The highest BCUT2D eigenvalue weighted by atomic mass is 16.2. The highest BCUT2D eigenvalue weighted by molar-refractivity contribution is 5.78. The Hall–Kier alpha value is -0.610. The van der Waals surface area contributed by atoms with E-state index in [2.05, 4.69) is 17.3 Å². The summed E-state index contributed by atoms with van der Waals surface area (Å²) in [7, 11) is 2.12. The number of amides is 1. The number of nitrogens with zero attached hydrogens (tertiary/aromatic N) is 2. The highest BCUT2D eigenvalue weighted by Crippen LogP contribution is 2.18. The predicted molar refractivity (Wildman–Crippen MR) is 59.7 cm³/mol. The van der Waals surface area contributed by atoms with E-state index in [0.717, 1.165) is 32.6 Å². The fourth-order valence-electron chi connectivity index (χ4n) is 1.93. The Kier molecular flexibility index (Phi) is 3.59. The van der Waals surface area contributed by atoms with Gasteiger partial charge in [-0.15, -0.1) is 0 Å². The lowest BCUT2D eigenvalue weighted by Crippen LogP contribution is -2.40. The third-order valence-electron chi connectivity index (χ3n) is 3.19. The van der Waals surface area contributed by atoms with Gasteiger partial charge in [-0.3, -0.25) is 4.79 Å². The van der Waals surface area contributed by atoms with Crippen LogP contribution in [-0.4, -0.2) is 61.5 Å². The molecule has 0 aromatic heterocycles. The minimum atomic E-state index is 0.275. The Bertz CT molecular complexity index is 228. The van der Waals surface area contributed by atoms with Crippen molar-refractivity contribution in [1.82, 2.24) is 15.1 Å². The van der Waals surface area contributed by atoms with Gasteiger partial charge >= 0.3 is 0 Å². The molecule has 0 radical (unpaired) electrons. The molecule has 15 heavy (non-hydrogen) atoms. The van der Waals surface area contributed by atoms with Crippen molar-refractivity contribution in [2.24, 2.45) is 0 Å². The SMILES string of the molecule is CN1CCCN(C(=O)CNC2CC2)CC1. The van der Waals surface area contributed by atoms with Crippen LogP contribution in [0.5, 0.6) is 0 Å². The molecule has 1 amide bonds. The zero-order valence-electron chi connectivity index (χ0n) is 9.54. The van der Waals surface area contributed by atoms with Crippen molar-refractivity contribution in [2.45, 2.75) is 25.3 Å². The first-order chi connectivity index (χ1) is 7.25. The summed E-state index contributed by atoms with van der Waals surface area (Å²) in [6.07, 6.45) is 3.59. The number of carbonyl (C=O) groups is 1. The van der Waals surface area contributed by atoms with E-state index in [1.165, 1.54) is 12.8 Å². The molecule has 4 heteroatoms. The van der Waals surface area contributed by atoms with Crippen LogP contribution in [0.4, 0.5) is 0 Å². The number of likely N-dealkylation sites (N-methyl/N-ethyl adjacent to an activating group) is 1. The molecule has 1 N–H and O–H groups in total. The van der Waals surface area contributed by atoms with Crippen LogP contribution in [0.3, 0.4) is 0 Å². The van der Waals surface area contributed by atoms with E-state index in [-0.39, 0.29) is 5.91 Å². The van der Waals surface area contributed by atoms with E-state index in [1.54, 1.807) is 0 Å². The minimum Gasteiger partial charge on any atom is -0.340 e. The molecule has 2 fully saturated rings. The molecule has 86 valence electrons. The van der Waals surface area contributed by atoms with Crippen LogP contribution in [0, 0.1) is 0 Å². The normalized spacial score (nSPS) is 23.9. The van der Waals surface area contributed by atoms with Crippen molar-refractivity contribution in [3.8, 4) is 0 Å². The summed E-state index contributed by atoms with van der Waals surface area (Å²) in [6.45, 7) is 4.47. The highest BCUT2D eigenvalue weighted by Gasteiger charge is 2.23. The van der Waals surface area contributed by atoms with Crippen LogP contribution in [0.25, 0.3) is 0 Å². The van der Waals surface area contributed by atoms with Gasteiger partial charge in [0.25, 0.3) is 0 Å². The van der Waals surface area contributed by atoms with Gasteiger partial charge in [-0.2, -0.15) is 0 Å². The molecule has 2 aliphatic rings. The zero-order valence-corrected chi connectivity index (χ0v) is 9.54. The molecule has 0 spiro atoms.